The molecule has 3 heterocycles. The lowest BCUT2D eigenvalue weighted by Gasteiger charge is -2.32. The first-order valence-electron chi connectivity index (χ1n) is 6.37. The number of nitrogens with zero attached hydrogens (tertiary/aromatic N) is 1. The van der Waals surface area contributed by atoms with Gasteiger partial charge in [-0.05, 0) is 33.8 Å². The van der Waals surface area contributed by atoms with Gasteiger partial charge in [0.2, 0.25) is 0 Å². The second-order valence-electron chi connectivity index (χ2n) is 5.89. The highest BCUT2D eigenvalue weighted by Gasteiger charge is 2.54. The van der Waals surface area contributed by atoms with Crippen molar-refractivity contribution >= 4 is 7.12 Å². The molecule has 0 unspecified atom stereocenters. The van der Waals surface area contributed by atoms with Crippen molar-refractivity contribution in [3.8, 4) is 0 Å². The minimum Gasteiger partial charge on any atom is -0.398 e. The molecule has 4 nitrogen and oxygen atoms in total. The molecular weight excluding hydrogens is 227 g/mol. The van der Waals surface area contributed by atoms with Crippen molar-refractivity contribution in [2.45, 2.75) is 38.9 Å². The molecular formula is C13H19BN2O2. The summed E-state index contributed by atoms with van der Waals surface area (Å²) in [6, 6.07) is 0. The zero-order valence-electron chi connectivity index (χ0n) is 11.4. The van der Waals surface area contributed by atoms with E-state index in [-0.39, 0.29) is 18.3 Å². The van der Waals surface area contributed by atoms with Crippen molar-refractivity contribution in [3.63, 3.8) is 0 Å². The van der Waals surface area contributed by atoms with E-state index in [0.717, 1.165) is 18.0 Å². The number of rotatable bonds is 1. The van der Waals surface area contributed by atoms with Gasteiger partial charge in [0.1, 0.15) is 5.82 Å². The largest absolute Gasteiger partial charge is 0.513 e. The molecule has 18 heavy (non-hydrogen) atoms. The number of hydrogen-bond acceptors (Lipinski definition) is 4. The summed E-state index contributed by atoms with van der Waals surface area (Å²) in [6.45, 7) is 9.14. The molecule has 1 N–H and O–H groups in total. The first kappa shape index (κ1) is 11.9. The van der Waals surface area contributed by atoms with Crippen molar-refractivity contribution in [2.75, 3.05) is 6.54 Å². The molecule has 0 saturated carbocycles. The van der Waals surface area contributed by atoms with Gasteiger partial charge in [-0.1, -0.05) is 12.2 Å². The zero-order valence-corrected chi connectivity index (χ0v) is 11.4. The van der Waals surface area contributed by atoms with Crippen LogP contribution >= 0.6 is 0 Å². The number of fused-ring (bicyclic) bond motifs is 1. The molecule has 0 aliphatic carbocycles. The summed E-state index contributed by atoms with van der Waals surface area (Å²) in [4.78, 5) is 2.18. The second-order valence-corrected chi connectivity index (χ2v) is 5.89. The minimum atomic E-state index is -0.306. The summed E-state index contributed by atoms with van der Waals surface area (Å²) >= 11 is 0. The van der Waals surface area contributed by atoms with Gasteiger partial charge in [-0.2, -0.15) is 0 Å². The molecule has 3 rings (SSSR count). The van der Waals surface area contributed by atoms with Crippen molar-refractivity contribution in [1.29, 1.82) is 0 Å². The molecule has 1 fully saturated rings. The molecule has 3 aliphatic heterocycles. The molecule has 0 aromatic heterocycles. The maximum Gasteiger partial charge on any atom is 0.513 e. The first-order valence-corrected chi connectivity index (χ1v) is 6.37. The Hall–Kier alpha value is -1.20. The summed E-state index contributed by atoms with van der Waals surface area (Å²) in [6.07, 6.45) is 8.20. The zero-order chi connectivity index (χ0) is 13.0. The Morgan fingerprint density at radius 2 is 1.89 bits per heavy atom. The molecule has 0 aromatic carbocycles. The van der Waals surface area contributed by atoms with Gasteiger partial charge in [-0.3, -0.25) is 0 Å². The van der Waals surface area contributed by atoms with E-state index in [4.69, 9.17) is 9.31 Å². The first-order chi connectivity index (χ1) is 8.41. The van der Waals surface area contributed by atoms with Crippen LogP contribution in [0.1, 0.15) is 27.7 Å². The lowest BCUT2D eigenvalue weighted by molar-refractivity contribution is 0.00578. The molecule has 0 atom stereocenters. The van der Waals surface area contributed by atoms with Crippen LogP contribution in [-0.2, 0) is 9.31 Å². The van der Waals surface area contributed by atoms with Gasteiger partial charge < -0.3 is 19.5 Å². The Morgan fingerprint density at radius 3 is 2.56 bits per heavy atom. The van der Waals surface area contributed by atoms with E-state index in [1.54, 1.807) is 0 Å². The molecule has 0 spiro atoms. The normalized spacial score (nSPS) is 27.8. The SMILES string of the molecule is CC1(C)OB(C2=CNC3=CC=CCN32)OC1(C)C. The van der Waals surface area contributed by atoms with Crippen molar-refractivity contribution in [2.24, 2.45) is 0 Å². The van der Waals surface area contributed by atoms with E-state index in [9.17, 15) is 0 Å². The third-order valence-corrected chi connectivity index (χ3v) is 4.14. The van der Waals surface area contributed by atoms with Gasteiger partial charge in [0, 0.05) is 12.7 Å². The number of hydrogen-bond donors (Lipinski definition) is 1. The predicted molar refractivity (Wildman–Crippen MR) is 71.2 cm³/mol. The smallest absolute Gasteiger partial charge is 0.398 e. The molecule has 96 valence electrons. The second kappa shape index (κ2) is 3.65. The van der Waals surface area contributed by atoms with E-state index in [2.05, 4.69) is 56.1 Å². The quantitative estimate of drug-likeness (QED) is 0.715. The lowest BCUT2D eigenvalue weighted by atomic mass is 9.84. The summed E-state index contributed by atoms with van der Waals surface area (Å²) in [5.74, 6) is 1.09. The fraction of sp³-hybridized carbons (Fsp3) is 0.538. The maximum absolute atomic E-state index is 6.07. The van der Waals surface area contributed by atoms with Gasteiger partial charge in [-0.15, -0.1) is 0 Å². The van der Waals surface area contributed by atoms with E-state index in [1.807, 2.05) is 6.20 Å². The summed E-state index contributed by atoms with van der Waals surface area (Å²) in [5.41, 5.74) is 0.456. The topological polar surface area (TPSA) is 33.7 Å². The van der Waals surface area contributed by atoms with E-state index in [1.165, 1.54) is 0 Å². The average molecular weight is 246 g/mol. The van der Waals surface area contributed by atoms with E-state index in [0.29, 0.717) is 0 Å². The van der Waals surface area contributed by atoms with Gasteiger partial charge in [0.15, 0.2) is 0 Å². The fourth-order valence-electron chi connectivity index (χ4n) is 2.27. The van der Waals surface area contributed by atoms with Crippen LogP contribution in [0, 0.1) is 0 Å². The lowest BCUT2D eigenvalue weighted by Crippen LogP contribution is -2.41. The highest BCUT2D eigenvalue weighted by molar-refractivity contribution is 6.54. The average Bonchev–Trinajstić information content (AvgIpc) is 2.78. The van der Waals surface area contributed by atoms with Crippen molar-refractivity contribution in [3.05, 3.63) is 35.8 Å². The Bertz CT molecular complexity index is 450. The molecule has 3 aliphatic rings. The minimum absolute atomic E-state index is 0.295. The fourth-order valence-corrected chi connectivity index (χ4v) is 2.27. The van der Waals surface area contributed by atoms with Gasteiger partial charge in [0.25, 0.3) is 0 Å². The van der Waals surface area contributed by atoms with Gasteiger partial charge in [-0.25, -0.2) is 0 Å². The van der Waals surface area contributed by atoms with Gasteiger partial charge >= 0.3 is 7.12 Å². The molecule has 0 aromatic rings. The van der Waals surface area contributed by atoms with E-state index < -0.39 is 0 Å². The van der Waals surface area contributed by atoms with Crippen LogP contribution in [0.5, 0.6) is 0 Å². The Morgan fingerprint density at radius 1 is 1.22 bits per heavy atom. The predicted octanol–water partition coefficient (Wildman–Crippen LogP) is 1.78. The maximum atomic E-state index is 6.07. The van der Waals surface area contributed by atoms with Crippen LogP contribution in [0.3, 0.4) is 0 Å². The van der Waals surface area contributed by atoms with Crippen molar-refractivity contribution in [1.82, 2.24) is 10.2 Å². The Labute approximate surface area is 108 Å². The number of nitrogens with one attached hydrogen (secondary N) is 1. The van der Waals surface area contributed by atoms with Crippen molar-refractivity contribution < 1.29 is 9.31 Å². The van der Waals surface area contributed by atoms with Crippen LogP contribution in [-0.4, -0.2) is 29.8 Å². The number of allylic oxidation sites excluding steroid dienone is 2. The third-order valence-electron chi connectivity index (χ3n) is 4.14. The Balaban J connectivity index is 1.83. The van der Waals surface area contributed by atoms with Crippen LogP contribution in [0.2, 0.25) is 0 Å². The highest BCUT2D eigenvalue weighted by atomic mass is 16.7. The molecule has 0 amide bonds. The Kier molecular flexibility index (Phi) is 2.41. The standard InChI is InChI=1S/C13H19BN2O2/c1-12(2)13(3,4)18-14(17-12)10-9-15-11-7-5-6-8-16(10)11/h5-7,9,15H,8H2,1-4H3. The molecule has 0 radical (unpaired) electrons. The summed E-state index contributed by atoms with van der Waals surface area (Å²) in [7, 11) is -0.306. The monoisotopic (exact) mass is 246 g/mol. The summed E-state index contributed by atoms with van der Waals surface area (Å²) < 4.78 is 12.1. The van der Waals surface area contributed by atoms with Crippen LogP contribution in [0.4, 0.5) is 0 Å². The van der Waals surface area contributed by atoms with Crippen LogP contribution < -0.4 is 5.32 Å². The van der Waals surface area contributed by atoms with Crippen LogP contribution in [0.15, 0.2) is 35.8 Å². The van der Waals surface area contributed by atoms with E-state index >= 15 is 0 Å². The highest BCUT2D eigenvalue weighted by Crippen LogP contribution is 2.40. The van der Waals surface area contributed by atoms with Crippen LogP contribution in [0.25, 0.3) is 0 Å². The molecule has 5 heteroatoms. The van der Waals surface area contributed by atoms with Gasteiger partial charge in [0.05, 0.1) is 16.8 Å². The molecule has 0 bridgehead atoms. The summed E-state index contributed by atoms with van der Waals surface area (Å²) in [5, 5.41) is 3.25. The molecule has 1 saturated heterocycles. The third kappa shape index (κ3) is 1.61.